The third-order valence-corrected chi connectivity index (χ3v) is 4.36. The molecular weight excluding hydrogens is 284 g/mol. The second kappa shape index (κ2) is 6.15. The first-order valence-corrected chi connectivity index (χ1v) is 8.45. The van der Waals surface area contributed by atoms with Gasteiger partial charge in [0.25, 0.3) is 0 Å². The van der Waals surface area contributed by atoms with Gasteiger partial charge in [-0.15, -0.1) is 11.3 Å². The summed E-state index contributed by atoms with van der Waals surface area (Å²) in [5.74, 6) is 1.76. The van der Waals surface area contributed by atoms with Crippen LogP contribution in [-0.4, -0.2) is 41.8 Å². The van der Waals surface area contributed by atoms with Crippen molar-refractivity contribution < 1.29 is 4.74 Å². The topological polar surface area (TPSA) is 50.3 Å². The van der Waals surface area contributed by atoms with Crippen molar-refractivity contribution in [1.29, 1.82) is 0 Å². The summed E-state index contributed by atoms with van der Waals surface area (Å²) in [7, 11) is 0. The first-order valence-electron chi connectivity index (χ1n) is 7.57. The Bertz CT molecular complexity index is 605. The summed E-state index contributed by atoms with van der Waals surface area (Å²) in [6.45, 7) is 9.02. The lowest BCUT2D eigenvalue weighted by molar-refractivity contribution is -0.00536. The summed E-state index contributed by atoms with van der Waals surface area (Å²) in [5, 5.41) is 6.53. The van der Waals surface area contributed by atoms with Crippen LogP contribution in [-0.2, 0) is 4.74 Å². The minimum Gasteiger partial charge on any atom is -0.372 e. The lowest BCUT2D eigenvalue weighted by atomic mass is 10.2. The van der Waals surface area contributed by atoms with Gasteiger partial charge in [-0.25, -0.2) is 4.98 Å². The van der Waals surface area contributed by atoms with Crippen LogP contribution < -0.4 is 10.2 Å². The Balaban J connectivity index is 1.97. The Morgan fingerprint density at radius 2 is 2.10 bits per heavy atom. The van der Waals surface area contributed by atoms with Gasteiger partial charge in [0.2, 0.25) is 5.95 Å². The monoisotopic (exact) mass is 306 g/mol. The molecule has 0 saturated carbocycles. The fraction of sp³-hybridized carbons (Fsp3) is 0.600. The van der Waals surface area contributed by atoms with Crippen molar-refractivity contribution in [2.45, 2.75) is 39.4 Å². The largest absolute Gasteiger partial charge is 0.372 e. The van der Waals surface area contributed by atoms with Crippen LogP contribution >= 0.6 is 11.3 Å². The number of nitrogens with zero attached hydrogens (tertiary/aromatic N) is 3. The van der Waals surface area contributed by atoms with Crippen molar-refractivity contribution in [3.8, 4) is 0 Å². The Morgan fingerprint density at radius 1 is 1.33 bits per heavy atom. The molecule has 1 fully saturated rings. The fourth-order valence-corrected chi connectivity index (χ4v) is 3.51. The zero-order valence-electron chi connectivity index (χ0n) is 12.8. The number of nitrogens with one attached hydrogen (secondary N) is 1. The number of morpholine rings is 1. The molecule has 6 heteroatoms. The Kier molecular flexibility index (Phi) is 4.26. The number of anilines is 2. The van der Waals surface area contributed by atoms with Crippen molar-refractivity contribution in [3.05, 3.63) is 11.4 Å². The molecule has 0 spiro atoms. The fourth-order valence-electron chi connectivity index (χ4n) is 2.75. The smallest absolute Gasteiger partial charge is 0.226 e. The van der Waals surface area contributed by atoms with E-state index in [1.807, 2.05) is 0 Å². The van der Waals surface area contributed by atoms with Crippen LogP contribution in [0.25, 0.3) is 10.2 Å². The van der Waals surface area contributed by atoms with E-state index in [1.54, 1.807) is 11.3 Å². The maximum Gasteiger partial charge on any atom is 0.226 e. The van der Waals surface area contributed by atoms with Crippen LogP contribution in [0.15, 0.2) is 11.4 Å². The zero-order valence-corrected chi connectivity index (χ0v) is 13.6. The first kappa shape index (κ1) is 14.5. The van der Waals surface area contributed by atoms with Crippen LogP contribution in [0.2, 0.25) is 0 Å². The van der Waals surface area contributed by atoms with E-state index in [9.17, 15) is 0 Å². The summed E-state index contributed by atoms with van der Waals surface area (Å²) in [4.78, 5) is 12.7. The predicted octanol–water partition coefficient (Wildman–Crippen LogP) is 3.13. The van der Waals surface area contributed by atoms with Crippen LogP contribution in [0.4, 0.5) is 11.8 Å². The number of fused-ring (bicyclic) bond motifs is 1. The molecule has 0 amide bonds. The van der Waals surface area contributed by atoms with Gasteiger partial charge in [0, 0.05) is 19.6 Å². The molecule has 3 heterocycles. The van der Waals surface area contributed by atoms with E-state index in [1.165, 1.54) is 0 Å². The van der Waals surface area contributed by atoms with Gasteiger partial charge in [0.05, 0.1) is 17.6 Å². The number of ether oxygens (including phenoxy) is 1. The predicted molar refractivity (Wildman–Crippen MR) is 88.4 cm³/mol. The summed E-state index contributed by atoms with van der Waals surface area (Å²) in [6.07, 6.45) is 1.51. The first-order chi connectivity index (χ1) is 10.2. The number of hydrogen-bond acceptors (Lipinski definition) is 6. The van der Waals surface area contributed by atoms with Gasteiger partial charge >= 0.3 is 0 Å². The highest BCUT2D eigenvalue weighted by Gasteiger charge is 2.25. The van der Waals surface area contributed by atoms with E-state index in [-0.39, 0.29) is 12.2 Å². The molecule has 0 radical (unpaired) electrons. The molecule has 2 aromatic heterocycles. The van der Waals surface area contributed by atoms with E-state index in [0.29, 0.717) is 0 Å². The molecule has 1 N–H and O–H groups in total. The third kappa shape index (κ3) is 3.11. The van der Waals surface area contributed by atoms with E-state index in [4.69, 9.17) is 9.72 Å². The molecule has 3 rings (SSSR count). The Morgan fingerprint density at radius 3 is 2.81 bits per heavy atom. The molecule has 1 aliphatic rings. The van der Waals surface area contributed by atoms with Crippen LogP contribution in [0.3, 0.4) is 0 Å². The average Bonchev–Trinajstić information content (AvgIpc) is 2.91. The molecule has 2 atom stereocenters. The van der Waals surface area contributed by atoms with Crippen molar-refractivity contribution in [3.63, 3.8) is 0 Å². The van der Waals surface area contributed by atoms with Gasteiger partial charge in [0.15, 0.2) is 0 Å². The number of rotatable bonds is 4. The molecule has 0 unspecified atom stereocenters. The Labute approximate surface area is 129 Å². The van der Waals surface area contributed by atoms with Crippen molar-refractivity contribution in [1.82, 2.24) is 9.97 Å². The molecule has 2 aromatic rings. The van der Waals surface area contributed by atoms with E-state index in [2.05, 4.69) is 47.4 Å². The van der Waals surface area contributed by atoms with Crippen molar-refractivity contribution >= 4 is 33.3 Å². The lowest BCUT2D eigenvalue weighted by Crippen LogP contribution is -2.46. The zero-order chi connectivity index (χ0) is 14.8. The van der Waals surface area contributed by atoms with Gasteiger partial charge in [-0.05, 0) is 31.7 Å². The standard InChI is InChI=1S/C15H22N4OS/c1-4-6-16-15-17-13(12-5-7-21-14(12)18-15)19-8-10(2)20-11(3)9-19/h5,7,10-11H,4,6,8-9H2,1-3H3,(H,16,17,18)/t10-,11+. The molecule has 21 heavy (non-hydrogen) atoms. The minimum absolute atomic E-state index is 0.226. The minimum atomic E-state index is 0.226. The molecule has 5 nitrogen and oxygen atoms in total. The highest BCUT2D eigenvalue weighted by molar-refractivity contribution is 7.16. The van der Waals surface area contributed by atoms with E-state index >= 15 is 0 Å². The number of thiophene rings is 1. The van der Waals surface area contributed by atoms with Gasteiger partial charge < -0.3 is 15.0 Å². The summed E-state index contributed by atoms with van der Waals surface area (Å²) >= 11 is 1.67. The molecule has 114 valence electrons. The molecule has 0 bridgehead atoms. The van der Waals surface area contributed by atoms with Crippen molar-refractivity contribution in [2.75, 3.05) is 29.9 Å². The molecule has 1 saturated heterocycles. The lowest BCUT2D eigenvalue weighted by Gasteiger charge is -2.36. The average molecular weight is 306 g/mol. The molecule has 1 aliphatic heterocycles. The maximum atomic E-state index is 5.83. The van der Waals surface area contributed by atoms with Gasteiger partial charge in [0.1, 0.15) is 10.6 Å². The molecule has 0 aromatic carbocycles. The number of hydrogen-bond donors (Lipinski definition) is 1. The quantitative estimate of drug-likeness (QED) is 0.940. The van der Waals surface area contributed by atoms with Crippen LogP contribution in [0.5, 0.6) is 0 Å². The summed E-state index contributed by atoms with van der Waals surface area (Å²) in [6, 6.07) is 2.11. The molecule has 0 aliphatic carbocycles. The maximum absolute atomic E-state index is 5.83. The van der Waals surface area contributed by atoms with Crippen molar-refractivity contribution in [2.24, 2.45) is 0 Å². The van der Waals surface area contributed by atoms with Crippen LogP contribution in [0.1, 0.15) is 27.2 Å². The highest BCUT2D eigenvalue weighted by atomic mass is 32.1. The van der Waals surface area contributed by atoms with Gasteiger partial charge in [-0.3, -0.25) is 0 Å². The third-order valence-electron chi connectivity index (χ3n) is 3.56. The van der Waals surface area contributed by atoms with Crippen LogP contribution in [0, 0.1) is 0 Å². The Hall–Kier alpha value is -1.40. The van der Waals surface area contributed by atoms with Gasteiger partial charge in [-0.2, -0.15) is 4.98 Å². The second-order valence-electron chi connectivity index (χ2n) is 5.60. The molecular formula is C15H22N4OS. The number of aromatic nitrogens is 2. The summed E-state index contributed by atoms with van der Waals surface area (Å²) < 4.78 is 5.83. The van der Waals surface area contributed by atoms with E-state index in [0.717, 1.165) is 48.0 Å². The van der Waals surface area contributed by atoms with E-state index < -0.39 is 0 Å². The second-order valence-corrected chi connectivity index (χ2v) is 6.49. The SMILES string of the molecule is CCCNc1nc(N2C[C@@H](C)O[C@@H](C)C2)c2ccsc2n1. The summed E-state index contributed by atoms with van der Waals surface area (Å²) in [5.41, 5.74) is 0. The highest BCUT2D eigenvalue weighted by Crippen LogP contribution is 2.30. The van der Waals surface area contributed by atoms with Gasteiger partial charge in [-0.1, -0.05) is 6.92 Å². The normalized spacial score (nSPS) is 22.7.